The van der Waals surface area contributed by atoms with Gasteiger partial charge in [0.05, 0.1) is 12.5 Å². The predicted molar refractivity (Wildman–Crippen MR) is 109 cm³/mol. The highest BCUT2D eigenvalue weighted by atomic mass is 32.1. The van der Waals surface area contributed by atoms with Gasteiger partial charge in [-0.1, -0.05) is 42.5 Å². The van der Waals surface area contributed by atoms with Crippen LogP contribution >= 0.6 is 12.2 Å². The second-order valence-electron chi connectivity index (χ2n) is 6.41. The molecule has 0 saturated heterocycles. The number of hydrogen-bond acceptors (Lipinski definition) is 3. The first kappa shape index (κ1) is 19.7. The zero-order valence-electron chi connectivity index (χ0n) is 15.1. The van der Waals surface area contributed by atoms with E-state index in [1.807, 2.05) is 38.1 Å². The summed E-state index contributed by atoms with van der Waals surface area (Å²) in [6.45, 7) is 4.30. The molecule has 2 aromatic carbocycles. The minimum atomic E-state index is -0.506. The molecule has 1 amide bonds. The Morgan fingerprint density at radius 3 is 2.58 bits per heavy atom. The first-order valence-electron chi connectivity index (χ1n) is 8.69. The first-order chi connectivity index (χ1) is 12.5. The number of nitrogens with zero attached hydrogens (tertiary/aromatic N) is 1. The van der Waals surface area contributed by atoms with Crippen molar-refractivity contribution in [2.24, 2.45) is 0 Å². The Morgan fingerprint density at radius 2 is 1.88 bits per heavy atom. The summed E-state index contributed by atoms with van der Waals surface area (Å²) in [5.41, 5.74) is 1.05. The molecule has 5 nitrogen and oxygen atoms in total. The molecule has 0 aliphatic rings. The average Bonchev–Trinajstić information content (AvgIpc) is 2.60. The molecule has 2 rings (SSSR count). The lowest BCUT2D eigenvalue weighted by Crippen LogP contribution is -2.52. The fraction of sp³-hybridized carbons (Fsp3) is 0.350. The van der Waals surface area contributed by atoms with Crippen LogP contribution in [0, 0.1) is 11.3 Å². The molecule has 1 unspecified atom stereocenters. The maximum atomic E-state index is 12.5. The minimum Gasteiger partial charge on any atom is -0.361 e. The van der Waals surface area contributed by atoms with Crippen LogP contribution in [0.25, 0.3) is 10.8 Å². The molecule has 0 heterocycles. The van der Waals surface area contributed by atoms with Crippen LogP contribution in [0.15, 0.2) is 42.5 Å². The van der Waals surface area contributed by atoms with Gasteiger partial charge in [-0.3, -0.25) is 4.79 Å². The van der Waals surface area contributed by atoms with Gasteiger partial charge in [0, 0.05) is 19.0 Å². The third kappa shape index (κ3) is 6.01. The third-order valence-corrected chi connectivity index (χ3v) is 4.07. The fourth-order valence-corrected chi connectivity index (χ4v) is 3.02. The molecule has 0 aliphatic heterocycles. The molecular weight excluding hydrogens is 344 g/mol. The van der Waals surface area contributed by atoms with E-state index in [-0.39, 0.29) is 18.4 Å². The number of carbonyl (C=O) groups excluding carboxylic acids is 1. The molecule has 1 atom stereocenters. The van der Waals surface area contributed by atoms with Crippen LogP contribution in [-0.2, 0) is 11.2 Å². The third-order valence-electron chi connectivity index (χ3n) is 3.83. The van der Waals surface area contributed by atoms with Gasteiger partial charge in [0.2, 0.25) is 5.91 Å². The van der Waals surface area contributed by atoms with E-state index in [4.69, 9.17) is 17.5 Å². The zero-order chi connectivity index (χ0) is 18.9. The highest BCUT2D eigenvalue weighted by Gasteiger charge is 2.20. The molecule has 3 N–H and O–H groups in total. The van der Waals surface area contributed by atoms with Crippen LogP contribution in [-0.4, -0.2) is 29.6 Å². The van der Waals surface area contributed by atoms with Gasteiger partial charge in [0.15, 0.2) is 5.11 Å². The van der Waals surface area contributed by atoms with Gasteiger partial charge in [0.25, 0.3) is 0 Å². The van der Waals surface area contributed by atoms with Crippen molar-refractivity contribution in [2.45, 2.75) is 38.8 Å². The van der Waals surface area contributed by atoms with E-state index in [1.54, 1.807) is 0 Å². The highest BCUT2D eigenvalue weighted by Crippen LogP contribution is 2.16. The Balaban J connectivity index is 2.13. The van der Waals surface area contributed by atoms with E-state index in [1.165, 1.54) is 0 Å². The molecule has 0 aliphatic carbocycles. The Hall–Kier alpha value is -2.65. The number of rotatable bonds is 7. The SMILES string of the molecule is CC(C)NC(=S)NC(Cc1ccc2ccccc2c1)C(=O)NCCC#N. The van der Waals surface area contributed by atoms with Crippen molar-refractivity contribution in [2.75, 3.05) is 6.54 Å². The number of carbonyl (C=O) groups is 1. The van der Waals surface area contributed by atoms with Crippen LogP contribution in [0.4, 0.5) is 0 Å². The summed E-state index contributed by atoms with van der Waals surface area (Å²) in [5.74, 6) is -0.165. The smallest absolute Gasteiger partial charge is 0.242 e. The number of hydrogen-bond donors (Lipinski definition) is 3. The van der Waals surface area contributed by atoms with Gasteiger partial charge in [-0.25, -0.2) is 0 Å². The number of amides is 1. The summed E-state index contributed by atoms with van der Waals surface area (Å²) >= 11 is 5.30. The number of nitrogens with one attached hydrogen (secondary N) is 3. The summed E-state index contributed by atoms with van der Waals surface area (Å²) in [4.78, 5) is 12.5. The van der Waals surface area contributed by atoms with E-state index in [9.17, 15) is 4.79 Å². The summed E-state index contributed by atoms with van der Waals surface area (Å²) in [7, 11) is 0. The number of fused-ring (bicyclic) bond motifs is 1. The van der Waals surface area contributed by atoms with Crippen molar-refractivity contribution in [3.63, 3.8) is 0 Å². The van der Waals surface area contributed by atoms with Gasteiger partial charge in [-0.15, -0.1) is 0 Å². The molecule has 0 radical (unpaired) electrons. The summed E-state index contributed by atoms with van der Waals surface area (Å²) < 4.78 is 0. The van der Waals surface area contributed by atoms with Crippen LogP contribution < -0.4 is 16.0 Å². The molecule has 0 saturated carbocycles. The van der Waals surface area contributed by atoms with Crippen molar-refractivity contribution < 1.29 is 4.79 Å². The zero-order valence-corrected chi connectivity index (χ0v) is 15.9. The largest absolute Gasteiger partial charge is 0.361 e. The number of benzene rings is 2. The van der Waals surface area contributed by atoms with Crippen LogP contribution in [0.2, 0.25) is 0 Å². The Labute approximate surface area is 159 Å². The minimum absolute atomic E-state index is 0.165. The van der Waals surface area contributed by atoms with Crippen molar-refractivity contribution in [1.29, 1.82) is 5.26 Å². The molecular formula is C20H24N4OS. The van der Waals surface area contributed by atoms with Crippen LogP contribution in [0.5, 0.6) is 0 Å². The van der Waals surface area contributed by atoms with Crippen molar-refractivity contribution >= 4 is 34.0 Å². The Bertz CT molecular complexity index is 813. The average molecular weight is 369 g/mol. The van der Waals surface area contributed by atoms with E-state index >= 15 is 0 Å². The van der Waals surface area contributed by atoms with Crippen molar-refractivity contribution in [3.8, 4) is 6.07 Å². The van der Waals surface area contributed by atoms with Gasteiger partial charge in [-0.2, -0.15) is 5.26 Å². The molecule has 136 valence electrons. The monoisotopic (exact) mass is 368 g/mol. The maximum Gasteiger partial charge on any atom is 0.242 e. The number of thiocarbonyl (C=S) groups is 1. The summed E-state index contributed by atoms with van der Waals surface area (Å²) in [6, 6.07) is 16.0. The molecule has 0 fully saturated rings. The van der Waals surface area contributed by atoms with Crippen molar-refractivity contribution in [1.82, 2.24) is 16.0 Å². The van der Waals surface area contributed by atoms with E-state index < -0.39 is 6.04 Å². The molecule has 2 aromatic rings. The first-order valence-corrected chi connectivity index (χ1v) is 9.10. The Kier molecular flexibility index (Phi) is 7.37. The van der Waals surface area contributed by atoms with Gasteiger partial charge >= 0.3 is 0 Å². The maximum absolute atomic E-state index is 12.5. The topological polar surface area (TPSA) is 76.9 Å². The molecule has 0 spiro atoms. The molecule has 0 bridgehead atoms. The lowest BCUT2D eigenvalue weighted by Gasteiger charge is -2.22. The van der Waals surface area contributed by atoms with Crippen LogP contribution in [0.3, 0.4) is 0 Å². The van der Waals surface area contributed by atoms with E-state index in [0.29, 0.717) is 18.1 Å². The van der Waals surface area contributed by atoms with E-state index in [2.05, 4.69) is 40.2 Å². The van der Waals surface area contributed by atoms with Crippen LogP contribution in [0.1, 0.15) is 25.8 Å². The lowest BCUT2D eigenvalue weighted by molar-refractivity contribution is -0.122. The molecule has 0 aromatic heterocycles. The molecule has 26 heavy (non-hydrogen) atoms. The van der Waals surface area contributed by atoms with Crippen molar-refractivity contribution in [3.05, 3.63) is 48.0 Å². The van der Waals surface area contributed by atoms with Gasteiger partial charge < -0.3 is 16.0 Å². The van der Waals surface area contributed by atoms with E-state index in [0.717, 1.165) is 16.3 Å². The summed E-state index contributed by atoms with van der Waals surface area (Å²) in [5, 5.41) is 20.4. The predicted octanol–water partition coefficient (Wildman–Crippen LogP) is 2.65. The quantitative estimate of drug-likeness (QED) is 0.517. The molecule has 6 heteroatoms. The normalized spacial score (nSPS) is 11.6. The van der Waals surface area contributed by atoms with Gasteiger partial charge in [-0.05, 0) is 42.4 Å². The number of nitriles is 1. The highest BCUT2D eigenvalue weighted by molar-refractivity contribution is 7.80. The lowest BCUT2D eigenvalue weighted by atomic mass is 10.0. The second-order valence-corrected chi connectivity index (χ2v) is 6.82. The Morgan fingerprint density at radius 1 is 1.15 bits per heavy atom. The second kappa shape index (κ2) is 9.73. The van der Waals surface area contributed by atoms with Gasteiger partial charge in [0.1, 0.15) is 6.04 Å². The summed E-state index contributed by atoms with van der Waals surface area (Å²) in [6.07, 6.45) is 0.784. The standard InChI is InChI=1S/C20H24N4OS/c1-14(2)23-20(26)24-18(19(25)22-11-5-10-21)13-15-8-9-16-6-3-4-7-17(16)12-15/h3-4,6-9,12,14,18H,5,11,13H2,1-2H3,(H,22,25)(H2,23,24,26). The fourth-order valence-electron chi connectivity index (χ4n) is 2.64.